The highest BCUT2D eigenvalue weighted by Gasteiger charge is 2.43. The Kier molecular flexibility index (Phi) is 4.01. The fourth-order valence-electron chi connectivity index (χ4n) is 2.26. The zero-order valence-corrected chi connectivity index (χ0v) is 10.3. The summed E-state index contributed by atoms with van der Waals surface area (Å²) < 4.78 is 55.6. The highest BCUT2D eigenvalue weighted by atomic mass is 19.3. The van der Waals surface area contributed by atoms with Crippen LogP contribution >= 0.6 is 0 Å². The molecule has 9 heteroatoms. The van der Waals surface area contributed by atoms with Crippen LogP contribution < -0.4 is 10.1 Å². The minimum atomic E-state index is -3.25. The van der Waals surface area contributed by atoms with E-state index in [1.165, 1.54) is 0 Å². The van der Waals surface area contributed by atoms with Gasteiger partial charge in [0.1, 0.15) is 23.3 Å². The third-order valence-electron chi connectivity index (χ3n) is 3.10. The largest absolute Gasteiger partial charge is 0.481 e. The number of benzene rings is 1. The second kappa shape index (κ2) is 5.58. The van der Waals surface area contributed by atoms with Crippen LogP contribution in [0.15, 0.2) is 12.1 Å². The van der Waals surface area contributed by atoms with E-state index < -0.39 is 53.3 Å². The molecule has 1 aliphatic rings. The van der Waals surface area contributed by atoms with Gasteiger partial charge in [-0.25, -0.2) is 8.78 Å². The maximum Gasteiger partial charge on any atom is 0.387 e. The molecule has 5 nitrogen and oxygen atoms in total. The van der Waals surface area contributed by atoms with Gasteiger partial charge in [-0.1, -0.05) is 0 Å². The third-order valence-corrected chi connectivity index (χ3v) is 3.10. The maximum absolute atomic E-state index is 13.9. The number of carboxylic acids is 1. The van der Waals surface area contributed by atoms with Gasteiger partial charge in [0.15, 0.2) is 0 Å². The Hall–Kier alpha value is -2.32. The SMILES string of the molecule is O=C(O)[C@@H]1C(=O)NC[C@H]1c1c(F)cc(OC(F)F)cc1F. The molecule has 0 aliphatic carbocycles. The predicted octanol–water partition coefficient (Wildman–Crippen LogP) is 1.48. The predicted molar refractivity (Wildman–Crippen MR) is 59.9 cm³/mol. The first kappa shape index (κ1) is 15.1. The van der Waals surface area contributed by atoms with Crippen LogP contribution in [0.5, 0.6) is 5.75 Å². The Morgan fingerprint density at radius 3 is 2.38 bits per heavy atom. The lowest BCUT2D eigenvalue weighted by Crippen LogP contribution is -2.27. The van der Waals surface area contributed by atoms with Gasteiger partial charge in [-0.15, -0.1) is 0 Å². The van der Waals surface area contributed by atoms with Gasteiger partial charge < -0.3 is 15.2 Å². The van der Waals surface area contributed by atoms with Crippen molar-refractivity contribution in [3.63, 3.8) is 0 Å². The van der Waals surface area contributed by atoms with Crippen molar-refractivity contribution in [1.82, 2.24) is 5.32 Å². The van der Waals surface area contributed by atoms with E-state index in [-0.39, 0.29) is 6.54 Å². The molecule has 114 valence electrons. The Morgan fingerprint density at radius 2 is 1.90 bits per heavy atom. The summed E-state index contributed by atoms with van der Waals surface area (Å²) in [5.41, 5.74) is -0.651. The molecule has 1 aromatic carbocycles. The molecule has 0 spiro atoms. The molecule has 1 saturated heterocycles. The number of halogens is 4. The van der Waals surface area contributed by atoms with Gasteiger partial charge in [-0.05, 0) is 0 Å². The van der Waals surface area contributed by atoms with E-state index >= 15 is 0 Å². The molecule has 0 unspecified atom stereocenters. The summed E-state index contributed by atoms with van der Waals surface area (Å²) in [7, 11) is 0. The molecule has 1 aromatic rings. The van der Waals surface area contributed by atoms with Crippen LogP contribution in [-0.2, 0) is 9.59 Å². The van der Waals surface area contributed by atoms with E-state index in [1.807, 2.05) is 0 Å². The standard InChI is InChI=1S/C12H9F4NO4/c13-6-1-4(21-12(15)16)2-7(14)8(6)5-3-17-10(18)9(5)11(19)20/h1-2,5,9,12H,3H2,(H,17,18)(H,19,20)/t5-,9-/m0/s1. The monoisotopic (exact) mass is 307 g/mol. The van der Waals surface area contributed by atoms with Crippen molar-refractivity contribution in [3.05, 3.63) is 29.3 Å². The number of amides is 1. The van der Waals surface area contributed by atoms with Crippen LogP contribution in [0.2, 0.25) is 0 Å². The number of rotatable bonds is 4. The number of hydrogen-bond donors (Lipinski definition) is 2. The first-order valence-corrected chi connectivity index (χ1v) is 5.75. The number of carbonyl (C=O) groups excluding carboxylic acids is 1. The van der Waals surface area contributed by atoms with Gasteiger partial charge in [-0.3, -0.25) is 9.59 Å². The number of carboxylic acid groups (broad SMARTS) is 1. The molecule has 2 atom stereocenters. The first-order valence-electron chi connectivity index (χ1n) is 5.75. The van der Waals surface area contributed by atoms with E-state index in [1.54, 1.807) is 0 Å². The molecule has 1 heterocycles. The van der Waals surface area contributed by atoms with Crippen LogP contribution in [0.1, 0.15) is 11.5 Å². The van der Waals surface area contributed by atoms with Crippen LogP contribution in [0.4, 0.5) is 17.6 Å². The van der Waals surface area contributed by atoms with Crippen LogP contribution in [-0.4, -0.2) is 30.1 Å². The summed E-state index contributed by atoms with van der Waals surface area (Å²) in [6.07, 6.45) is 0. The number of hydrogen-bond acceptors (Lipinski definition) is 3. The van der Waals surface area contributed by atoms with E-state index in [4.69, 9.17) is 5.11 Å². The molecule has 1 amide bonds. The van der Waals surface area contributed by atoms with Crippen molar-refractivity contribution in [1.29, 1.82) is 0 Å². The Bertz CT molecular complexity index is 570. The topological polar surface area (TPSA) is 75.6 Å². The molecular formula is C12H9F4NO4. The second-order valence-corrected chi connectivity index (χ2v) is 4.35. The second-order valence-electron chi connectivity index (χ2n) is 4.35. The molecule has 2 rings (SSSR count). The van der Waals surface area contributed by atoms with Crippen molar-refractivity contribution in [2.45, 2.75) is 12.5 Å². The number of aliphatic carboxylic acids is 1. The highest BCUT2D eigenvalue weighted by Crippen LogP contribution is 2.34. The average molecular weight is 307 g/mol. The quantitative estimate of drug-likeness (QED) is 0.652. The normalized spacial score (nSPS) is 21.5. The van der Waals surface area contributed by atoms with Gasteiger partial charge >= 0.3 is 12.6 Å². The molecule has 0 aromatic heterocycles. The number of ether oxygens (including phenoxy) is 1. The molecule has 1 aliphatic heterocycles. The fourth-order valence-corrected chi connectivity index (χ4v) is 2.26. The summed E-state index contributed by atoms with van der Waals surface area (Å²) in [4.78, 5) is 22.4. The van der Waals surface area contributed by atoms with Crippen LogP contribution in [0.3, 0.4) is 0 Å². The van der Waals surface area contributed by atoms with E-state index in [2.05, 4.69) is 10.1 Å². The molecule has 0 bridgehead atoms. The molecule has 0 saturated carbocycles. The van der Waals surface area contributed by atoms with E-state index in [9.17, 15) is 27.2 Å². The Labute approximate surface area is 115 Å². The van der Waals surface area contributed by atoms with Crippen molar-refractivity contribution < 1.29 is 37.0 Å². The lowest BCUT2D eigenvalue weighted by Gasteiger charge is -2.16. The van der Waals surface area contributed by atoms with Crippen molar-refractivity contribution in [2.75, 3.05) is 6.54 Å². The van der Waals surface area contributed by atoms with Gasteiger partial charge in [-0.2, -0.15) is 8.78 Å². The summed E-state index contributed by atoms with van der Waals surface area (Å²) in [6.45, 7) is -3.52. The van der Waals surface area contributed by atoms with Crippen LogP contribution in [0.25, 0.3) is 0 Å². The van der Waals surface area contributed by atoms with Gasteiger partial charge in [0.05, 0.1) is 0 Å². The summed E-state index contributed by atoms with van der Waals surface area (Å²) in [6, 6.07) is 1.04. The zero-order valence-electron chi connectivity index (χ0n) is 10.3. The fraction of sp³-hybridized carbons (Fsp3) is 0.333. The summed E-state index contributed by atoms with van der Waals surface area (Å²) in [5.74, 6) is -8.53. The third kappa shape index (κ3) is 2.91. The van der Waals surface area contributed by atoms with Crippen molar-refractivity contribution in [2.24, 2.45) is 5.92 Å². The minimum Gasteiger partial charge on any atom is -0.481 e. The minimum absolute atomic E-state index is 0.265. The summed E-state index contributed by atoms with van der Waals surface area (Å²) in [5, 5.41) is 11.1. The average Bonchev–Trinajstić information content (AvgIpc) is 2.69. The van der Waals surface area contributed by atoms with Crippen LogP contribution in [0, 0.1) is 17.6 Å². The number of carbonyl (C=O) groups is 2. The maximum atomic E-state index is 13.9. The lowest BCUT2D eigenvalue weighted by atomic mass is 9.88. The molecule has 0 radical (unpaired) electrons. The first-order chi connectivity index (χ1) is 9.81. The number of nitrogens with one attached hydrogen (secondary N) is 1. The summed E-state index contributed by atoms with van der Waals surface area (Å²) >= 11 is 0. The zero-order chi connectivity index (χ0) is 15.7. The lowest BCUT2D eigenvalue weighted by molar-refractivity contribution is -0.145. The smallest absolute Gasteiger partial charge is 0.387 e. The number of alkyl halides is 2. The molecule has 21 heavy (non-hydrogen) atoms. The van der Waals surface area contributed by atoms with Crippen molar-refractivity contribution in [3.8, 4) is 5.75 Å². The van der Waals surface area contributed by atoms with Gasteiger partial charge in [0.25, 0.3) is 0 Å². The van der Waals surface area contributed by atoms with E-state index in [0.29, 0.717) is 12.1 Å². The van der Waals surface area contributed by atoms with Gasteiger partial charge in [0, 0.05) is 30.2 Å². The molecule has 2 N–H and O–H groups in total. The molecular weight excluding hydrogens is 298 g/mol. The van der Waals surface area contributed by atoms with Crippen molar-refractivity contribution >= 4 is 11.9 Å². The molecule has 1 fully saturated rings. The highest BCUT2D eigenvalue weighted by molar-refractivity contribution is 5.99. The Morgan fingerprint density at radius 1 is 1.33 bits per heavy atom. The van der Waals surface area contributed by atoms with Gasteiger partial charge in [0.2, 0.25) is 5.91 Å². The van der Waals surface area contributed by atoms with E-state index in [0.717, 1.165) is 0 Å². The Balaban J connectivity index is 2.40.